The largest absolute Gasteiger partial charge is 0.497 e. The number of carbonyl (C=O) groups is 2. The zero-order valence-electron chi connectivity index (χ0n) is 20.6. The molecule has 1 aliphatic heterocycles. The summed E-state index contributed by atoms with van der Waals surface area (Å²) in [6, 6.07) is 19.0. The van der Waals surface area contributed by atoms with Gasteiger partial charge in [0.15, 0.2) is 0 Å². The Morgan fingerprint density at radius 2 is 1.72 bits per heavy atom. The van der Waals surface area contributed by atoms with Crippen molar-refractivity contribution in [3.63, 3.8) is 0 Å². The molecule has 3 aromatic rings. The van der Waals surface area contributed by atoms with E-state index in [4.69, 9.17) is 9.47 Å². The highest BCUT2D eigenvalue weighted by Gasteiger charge is 2.35. The number of halogens is 1. The van der Waals surface area contributed by atoms with Gasteiger partial charge in [-0.25, -0.2) is 9.18 Å². The average Bonchev–Trinajstić information content (AvgIpc) is 2.90. The summed E-state index contributed by atoms with van der Waals surface area (Å²) in [4.78, 5) is 28.2. The van der Waals surface area contributed by atoms with Gasteiger partial charge < -0.3 is 25.0 Å². The first-order chi connectivity index (χ1) is 17.4. The van der Waals surface area contributed by atoms with E-state index in [2.05, 4.69) is 10.6 Å². The van der Waals surface area contributed by atoms with Crippen LogP contribution in [-0.2, 0) is 4.79 Å². The molecule has 0 radical (unpaired) electrons. The van der Waals surface area contributed by atoms with Gasteiger partial charge in [0, 0.05) is 30.8 Å². The molecular weight excluding hydrogens is 461 g/mol. The van der Waals surface area contributed by atoms with Crippen molar-refractivity contribution < 1.29 is 23.5 Å². The molecule has 0 bridgehead atoms. The van der Waals surface area contributed by atoms with Crippen LogP contribution in [0.1, 0.15) is 23.5 Å². The fourth-order valence-electron chi connectivity index (χ4n) is 4.48. The summed E-state index contributed by atoms with van der Waals surface area (Å²) in [5, 5.41) is 5.85. The molecule has 0 saturated carbocycles. The molecule has 2 atom stereocenters. The van der Waals surface area contributed by atoms with Crippen LogP contribution in [0.4, 0.5) is 20.6 Å². The molecule has 0 spiro atoms. The van der Waals surface area contributed by atoms with E-state index in [1.54, 1.807) is 49.3 Å². The van der Waals surface area contributed by atoms with Gasteiger partial charge in [0.05, 0.1) is 25.8 Å². The lowest BCUT2D eigenvalue weighted by Gasteiger charge is -2.37. The minimum Gasteiger partial charge on any atom is -0.497 e. The summed E-state index contributed by atoms with van der Waals surface area (Å²) < 4.78 is 24.6. The van der Waals surface area contributed by atoms with Crippen LogP contribution in [0.15, 0.2) is 66.7 Å². The number of hydrogen-bond donors (Lipinski definition) is 2. The second-order valence-corrected chi connectivity index (χ2v) is 8.89. The van der Waals surface area contributed by atoms with E-state index in [1.807, 2.05) is 30.3 Å². The van der Waals surface area contributed by atoms with Gasteiger partial charge >= 0.3 is 6.03 Å². The standard InChI is InChI=1S/C28H30FN3O4/c1-18-13-19(9-11-24(18)29)20-14-21(17-32(16-20)28(34)30-22-7-5-4-6-8-22)27(33)31-25-12-10-23(35-2)15-26(25)36-3/h4-13,15,20-21H,14,16-17H2,1-3H3,(H,30,34)(H,31,33). The van der Waals surface area contributed by atoms with E-state index in [-0.39, 0.29) is 30.2 Å². The van der Waals surface area contributed by atoms with Crippen molar-refractivity contribution in [3.05, 3.63) is 83.7 Å². The first kappa shape index (κ1) is 25.0. The Bertz CT molecular complexity index is 1230. The summed E-state index contributed by atoms with van der Waals surface area (Å²) in [7, 11) is 3.08. The lowest BCUT2D eigenvalue weighted by molar-refractivity contribution is -0.121. The minimum absolute atomic E-state index is 0.131. The number of methoxy groups -OCH3 is 2. The van der Waals surface area contributed by atoms with Crippen molar-refractivity contribution in [2.24, 2.45) is 5.92 Å². The van der Waals surface area contributed by atoms with E-state index >= 15 is 0 Å². The molecule has 7 nitrogen and oxygen atoms in total. The van der Waals surface area contributed by atoms with Crippen molar-refractivity contribution in [2.75, 3.05) is 37.9 Å². The number of rotatable bonds is 6. The number of urea groups is 1. The molecule has 2 N–H and O–H groups in total. The van der Waals surface area contributed by atoms with Crippen LogP contribution in [0.5, 0.6) is 11.5 Å². The summed E-state index contributed by atoms with van der Waals surface area (Å²) in [6.07, 6.45) is 0.518. The monoisotopic (exact) mass is 491 g/mol. The fourth-order valence-corrected chi connectivity index (χ4v) is 4.48. The highest BCUT2D eigenvalue weighted by Crippen LogP contribution is 2.34. The number of piperidine rings is 1. The predicted molar refractivity (Wildman–Crippen MR) is 137 cm³/mol. The zero-order chi connectivity index (χ0) is 25.7. The molecule has 188 valence electrons. The Kier molecular flexibility index (Phi) is 7.73. The number of hydrogen-bond acceptors (Lipinski definition) is 4. The molecule has 1 fully saturated rings. The van der Waals surface area contributed by atoms with Gasteiger partial charge in [-0.15, -0.1) is 0 Å². The van der Waals surface area contributed by atoms with Gasteiger partial charge in [-0.3, -0.25) is 4.79 Å². The van der Waals surface area contributed by atoms with E-state index in [1.165, 1.54) is 13.2 Å². The maximum atomic E-state index is 13.9. The zero-order valence-corrected chi connectivity index (χ0v) is 20.6. The Hall–Kier alpha value is -4.07. The number of amides is 3. The second kappa shape index (κ2) is 11.1. The molecule has 2 unspecified atom stereocenters. The molecular formula is C28H30FN3O4. The molecule has 1 heterocycles. The van der Waals surface area contributed by atoms with Gasteiger partial charge in [0.2, 0.25) is 5.91 Å². The first-order valence-electron chi connectivity index (χ1n) is 11.8. The van der Waals surface area contributed by atoms with Crippen molar-refractivity contribution in [2.45, 2.75) is 19.3 Å². The topological polar surface area (TPSA) is 79.9 Å². The van der Waals surface area contributed by atoms with Crippen LogP contribution < -0.4 is 20.1 Å². The van der Waals surface area contributed by atoms with Crippen LogP contribution in [0.3, 0.4) is 0 Å². The summed E-state index contributed by atoms with van der Waals surface area (Å²) >= 11 is 0. The Labute approximate surface area is 210 Å². The lowest BCUT2D eigenvalue weighted by Crippen LogP contribution is -2.48. The number of ether oxygens (including phenoxy) is 2. The maximum Gasteiger partial charge on any atom is 0.321 e. The van der Waals surface area contributed by atoms with Crippen LogP contribution >= 0.6 is 0 Å². The summed E-state index contributed by atoms with van der Waals surface area (Å²) in [5.41, 5.74) is 2.61. The molecule has 0 aromatic heterocycles. The fraction of sp³-hybridized carbons (Fsp3) is 0.286. The van der Waals surface area contributed by atoms with Gasteiger partial charge in [0.1, 0.15) is 17.3 Å². The van der Waals surface area contributed by atoms with E-state index < -0.39 is 5.92 Å². The molecule has 3 aromatic carbocycles. The molecule has 8 heteroatoms. The van der Waals surface area contributed by atoms with E-state index in [9.17, 15) is 14.0 Å². The molecule has 36 heavy (non-hydrogen) atoms. The number of aryl methyl sites for hydroxylation is 1. The Morgan fingerprint density at radius 1 is 0.944 bits per heavy atom. The maximum absolute atomic E-state index is 13.9. The number of likely N-dealkylation sites (tertiary alicyclic amines) is 1. The van der Waals surface area contributed by atoms with Gasteiger partial charge in [-0.05, 0) is 54.8 Å². The Balaban J connectivity index is 1.57. The molecule has 0 aliphatic carbocycles. The third kappa shape index (κ3) is 5.76. The predicted octanol–water partition coefficient (Wildman–Crippen LogP) is 5.43. The molecule has 1 saturated heterocycles. The number of benzene rings is 3. The lowest BCUT2D eigenvalue weighted by atomic mass is 9.83. The normalized spacial score (nSPS) is 17.3. The van der Waals surface area contributed by atoms with Crippen molar-refractivity contribution in [3.8, 4) is 11.5 Å². The second-order valence-electron chi connectivity index (χ2n) is 8.89. The average molecular weight is 492 g/mol. The molecule has 3 amide bonds. The van der Waals surface area contributed by atoms with Gasteiger partial charge in [0.25, 0.3) is 0 Å². The van der Waals surface area contributed by atoms with Crippen molar-refractivity contribution in [1.82, 2.24) is 4.90 Å². The first-order valence-corrected chi connectivity index (χ1v) is 11.8. The van der Waals surface area contributed by atoms with Gasteiger partial charge in [-0.2, -0.15) is 0 Å². The number of nitrogens with zero attached hydrogens (tertiary/aromatic N) is 1. The van der Waals surface area contributed by atoms with Crippen molar-refractivity contribution >= 4 is 23.3 Å². The number of carbonyl (C=O) groups excluding carboxylic acids is 2. The molecule has 4 rings (SSSR count). The highest BCUT2D eigenvalue weighted by atomic mass is 19.1. The van der Waals surface area contributed by atoms with Crippen LogP contribution in [-0.4, -0.2) is 44.1 Å². The molecule has 1 aliphatic rings. The number of para-hydroxylation sites is 1. The number of nitrogens with one attached hydrogen (secondary N) is 2. The van der Waals surface area contributed by atoms with Crippen LogP contribution in [0.25, 0.3) is 0 Å². The van der Waals surface area contributed by atoms with E-state index in [0.29, 0.717) is 41.4 Å². The van der Waals surface area contributed by atoms with Crippen molar-refractivity contribution in [1.29, 1.82) is 0 Å². The third-order valence-electron chi connectivity index (χ3n) is 6.45. The van der Waals surface area contributed by atoms with E-state index in [0.717, 1.165) is 5.56 Å². The van der Waals surface area contributed by atoms with Gasteiger partial charge in [-0.1, -0.05) is 30.3 Å². The SMILES string of the molecule is COc1ccc(NC(=O)C2CC(c3ccc(F)c(C)c3)CN(C(=O)Nc3ccccc3)C2)c(OC)c1. The third-order valence-corrected chi connectivity index (χ3v) is 6.45. The quantitative estimate of drug-likeness (QED) is 0.482. The smallest absolute Gasteiger partial charge is 0.321 e. The Morgan fingerprint density at radius 3 is 2.42 bits per heavy atom. The highest BCUT2D eigenvalue weighted by molar-refractivity contribution is 5.95. The summed E-state index contributed by atoms with van der Waals surface area (Å²) in [6.45, 7) is 2.38. The number of anilines is 2. The minimum atomic E-state index is -0.484. The summed E-state index contributed by atoms with van der Waals surface area (Å²) in [5.74, 6) is -0.0370. The van der Waals surface area contributed by atoms with Crippen LogP contribution in [0, 0.1) is 18.7 Å². The van der Waals surface area contributed by atoms with Crippen LogP contribution in [0.2, 0.25) is 0 Å².